The molecular weight excluding hydrogens is 335 g/mol. The summed E-state index contributed by atoms with van der Waals surface area (Å²) in [7, 11) is 0. The fourth-order valence-electron chi connectivity index (χ4n) is 2.74. The molecule has 1 heterocycles. The summed E-state index contributed by atoms with van der Waals surface area (Å²) in [6, 6.07) is 10.4. The highest BCUT2D eigenvalue weighted by molar-refractivity contribution is 5.79. The van der Waals surface area contributed by atoms with E-state index in [4.69, 9.17) is 0 Å². The highest BCUT2D eigenvalue weighted by Crippen LogP contribution is 2.14. The number of carbonyl (C=O) groups excluding carboxylic acids is 1. The van der Waals surface area contributed by atoms with Crippen molar-refractivity contribution in [3.05, 3.63) is 69.3 Å². The molecule has 0 bridgehead atoms. The number of nitrogens with zero attached hydrogens (tertiary/aromatic N) is 3. The van der Waals surface area contributed by atoms with E-state index in [0.29, 0.717) is 5.56 Å². The number of halogens is 1. The van der Waals surface area contributed by atoms with E-state index >= 15 is 0 Å². The van der Waals surface area contributed by atoms with Gasteiger partial charge in [-0.25, -0.2) is 9.07 Å². The summed E-state index contributed by atoms with van der Waals surface area (Å²) in [5.41, 5.74) is 2.05. The minimum absolute atomic E-state index is 0.0923. The summed E-state index contributed by atoms with van der Waals surface area (Å²) in [6.07, 6.45) is 0. The molecular formula is C19H19FN4O2. The Balaban J connectivity index is 1.80. The van der Waals surface area contributed by atoms with Crippen molar-refractivity contribution in [2.75, 3.05) is 0 Å². The number of benzene rings is 2. The van der Waals surface area contributed by atoms with Crippen LogP contribution in [0.1, 0.15) is 29.7 Å². The number of rotatable bonds is 4. The zero-order valence-electron chi connectivity index (χ0n) is 14.8. The largest absolute Gasteiger partial charge is 0.348 e. The zero-order chi connectivity index (χ0) is 18.8. The monoisotopic (exact) mass is 354 g/mol. The Bertz CT molecular complexity index is 1030. The summed E-state index contributed by atoms with van der Waals surface area (Å²) in [4.78, 5) is 24.7. The van der Waals surface area contributed by atoms with Crippen molar-refractivity contribution < 1.29 is 9.18 Å². The molecule has 0 fully saturated rings. The summed E-state index contributed by atoms with van der Waals surface area (Å²) in [5, 5.41) is 10.4. The van der Waals surface area contributed by atoms with E-state index in [9.17, 15) is 14.0 Å². The third kappa shape index (κ3) is 3.61. The molecule has 1 atom stereocenters. The lowest BCUT2D eigenvalue weighted by Gasteiger charge is -2.15. The van der Waals surface area contributed by atoms with Crippen LogP contribution >= 0.6 is 0 Å². The van der Waals surface area contributed by atoms with E-state index in [0.717, 1.165) is 15.8 Å². The molecule has 0 aliphatic carbocycles. The van der Waals surface area contributed by atoms with Crippen LogP contribution in [0.15, 0.2) is 41.2 Å². The van der Waals surface area contributed by atoms with Crippen LogP contribution in [-0.4, -0.2) is 20.9 Å². The highest BCUT2D eigenvalue weighted by atomic mass is 19.1. The highest BCUT2D eigenvalue weighted by Gasteiger charge is 2.15. The number of aromatic nitrogens is 3. The lowest BCUT2D eigenvalue weighted by atomic mass is 10.1. The van der Waals surface area contributed by atoms with Gasteiger partial charge in [0.1, 0.15) is 12.1 Å². The molecule has 0 saturated carbocycles. The van der Waals surface area contributed by atoms with Crippen LogP contribution in [0.4, 0.5) is 4.39 Å². The molecule has 134 valence electrons. The number of amides is 1. The summed E-state index contributed by atoms with van der Waals surface area (Å²) >= 11 is 0. The van der Waals surface area contributed by atoms with Crippen LogP contribution in [0, 0.1) is 19.7 Å². The van der Waals surface area contributed by atoms with Crippen molar-refractivity contribution in [1.29, 1.82) is 0 Å². The molecule has 0 aliphatic heterocycles. The SMILES string of the molecule is Cc1ccc([C@H](C)NC(=O)Cn2nnc3c(F)cc(C)cc3c2=O)cc1. The number of fused-ring (bicyclic) bond motifs is 1. The van der Waals surface area contributed by atoms with Crippen LogP contribution in [0.25, 0.3) is 10.9 Å². The van der Waals surface area contributed by atoms with Crippen LogP contribution < -0.4 is 10.9 Å². The molecule has 7 heteroatoms. The maximum Gasteiger partial charge on any atom is 0.278 e. The van der Waals surface area contributed by atoms with E-state index < -0.39 is 11.4 Å². The second kappa shape index (κ2) is 7.03. The zero-order valence-corrected chi connectivity index (χ0v) is 14.8. The summed E-state index contributed by atoms with van der Waals surface area (Å²) < 4.78 is 14.8. The Morgan fingerprint density at radius 1 is 1.19 bits per heavy atom. The first kappa shape index (κ1) is 17.7. The van der Waals surface area contributed by atoms with Crippen molar-refractivity contribution in [2.45, 2.75) is 33.4 Å². The van der Waals surface area contributed by atoms with Gasteiger partial charge in [-0.05, 0) is 44.0 Å². The molecule has 6 nitrogen and oxygen atoms in total. The van der Waals surface area contributed by atoms with Crippen molar-refractivity contribution in [3.63, 3.8) is 0 Å². The van der Waals surface area contributed by atoms with Gasteiger partial charge in [-0.2, -0.15) is 0 Å². The second-order valence-corrected chi connectivity index (χ2v) is 6.40. The van der Waals surface area contributed by atoms with E-state index in [-0.39, 0.29) is 29.4 Å². The van der Waals surface area contributed by atoms with Gasteiger partial charge in [-0.15, -0.1) is 5.10 Å². The van der Waals surface area contributed by atoms with E-state index in [1.807, 2.05) is 38.1 Å². The smallest absolute Gasteiger partial charge is 0.278 e. The Morgan fingerprint density at radius 3 is 2.58 bits per heavy atom. The Hall–Kier alpha value is -3.09. The predicted octanol–water partition coefficient (Wildman–Crippen LogP) is 2.42. The lowest BCUT2D eigenvalue weighted by Crippen LogP contribution is -2.35. The minimum Gasteiger partial charge on any atom is -0.348 e. The molecule has 0 spiro atoms. The van der Waals surface area contributed by atoms with Gasteiger partial charge in [0.2, 0.25) is 5.91 Å². The van der Waals surface area contributed by atoms with Crippen LogP contribution in [0.5, 0.6) is 0 Å². The molecule has 1 amide bonds. The van der Waals surface area contributed by atoms with Gasteiger partial charge in [0.05, 0.1) is 11.4 Å². The Morgan fingerprint density at radius 2 is 1.88 bits per heavy atom. The molecule has 3 rings (SSSR count). The van der Waals surface area contributed by atoms with Gasteiger partial charge < -0.3 is 5.32 Å². The van der Waals surface area contributed by atoms with E-state index in [2.05, 4.69) is 15.6 Å². The van der Waals surface area contributed by atoms with Crippen molar-refractivity contribution in [2.24, 2.45) is 0 Å². The molecule has 0 radical (unpaired) electrons. The van der Waals surface area contributed by atoms with Crippen molar-refractivity contribution >= 4 is 16.8 Å². The maximum atomic E-state index is 13.9. The normalized spacial score (nSPS) is 12.2. The van der Waals surface area contributed by atoms with Gasteiger partial charge in [0.15, 0.2) is 5.82 Å². The second-order valence-electron chi connectivity index (χ2n) is 6.40. The minimum atomic E-state index is -0.603. The quantitative estimate of drug-likeness (QED) is 0.781. The van der Waals surface area contributed by atoms with Crippen LogP contribution in [-0.2, 0) is 11.3 Å². The number of hydrogen-bond acceptors (Lipinski definition) is 4. The average Bonchev–Trinajstić information content (AvgIpc) is 2.58. The Kier molecular flexibility index (Phi) is 4.79. The molecule has 2 aromatic carbocycles. The fraction of sp³-hybridized carbons (Fsp3) is 0.263. The van der Waals surface area contributed by atoms with Crippen molar-refractivity contribution in [3.8, 4) is 0 Å². The van der Waals surface area contributed by atoms with E-state index in [1.54, 1.807) is 13.0 Å². The molecule has 0 aliphatic rings. The third-order valence-corrected chi connectivity index (χ3v) is 4.17. The molecule has 26 heavy (non-hydrogen) atoms. The Labute approximate surface area is 149 Å². The van der Waals surface area contributed by atoms with E-state index in [1.165, 1.54) is 6.07 Å². The van der Waals surface area contributed by atoms with Gasteiger partial charge >= 0.3 is 0 Å². The maximum absolute atomic E-state index is 13.9. The van der Waals surface area contributed by atoms with Gasteiger partial charge in [0.25, 0.3) is 5.56 Å². The lowest BCUT2D eigenvalue weighted by molar-refractivity contribution is -0.122. The number of aryl methyl sites for hydroxylation is 2. The number of hydrogen-bond donors (Lipinski definition) is 1. The fourth-order valence-corrected chi connectivity index (χ4v) is 2.74. The van der Waals surface area contributed by atoms with Gasteiger partial charge in [-0.3, -0.25) is 9.59 Å². The predicted molar refractivity (Wildman–Crippen MR) is 96.2 cm³/mol. The molecule has 1 aromatic heterocycles. The first-order valence-corrected chi connectivity index (χ1v) is 8.24. The van der Waals surface area contributed by atoms with Crippen molar-refractivity contribution in [1.82, 2.24) is 20.3 Å². The molecule has 0 saturated heterocycles. The standard InChI is InChI=1S/C19H19FN4O2/c1-11-4-6-14(7-5-11)13(3)21-17(25)10-24-19(26)15-8-12(2)9-16(20)18(15)22-23-24/h4-9,13H,10H2,1-3H3,(H,21,25)/t13-/m0/s1. The number of carbonyl (C=O) groups is 1. The summed E-state index contributed by atoms with van der Waals surface area (Å²) in [6.45, 7) is 5.24. The molecule has 1 N–H and O–H groups in total. The topological polar surface area (TPSA) is 76.9 Å². The summed E-state index contributed by atoms with van der Waals surface area (Å²) in [5.74, 6) is -0.976. The molecule has 3 aromatic rings. The first-order valence-electron chi connectivity index (χ1n) is 8.24. The third-order valence-electron chi connectivity index (χ3n) is 4.17. The van der Waals surface area contributed by atoms with Gasteiger partial charge in [-0.1, -0.05) is 35.0 Å². The van der Waals surface area contributed by atoms with Crippen LogP contribution in [0.2, 0.25) is 0 Å². The number of nitrogens with one attached hydrogen (secondary N) is 1. The molecule has 0 unspecified atom stereocenters. The van der Waals surface area contributed by atoms with Crippen LogP contribution in [0.3, 0.4) is 0 Å². The van der Waals surface area contributed by atoms with Gasteiger partial charge in [0, 0.05) is 0 Å². The first-order chi connectivity index (χ1) is 12.3. The average molecular weight is 354 g/mol.